The first kappa shape index (κ1) is 34.8. The molecule has 0 spiro atoms. The van der Waals surface area contributed by atoms with Gasteiger partial charge in [-0.15, -0.1) is 0 Å². The van der Waals surface area contributed by atoms with Crippen LogP contribution in [-0.4, -0.2) is 30.0 Å². The summed E-state index contributed by atoms with van der Waals surface area (Å²) in [5.74, 6) is 1.29. The fourth-order valence-electron chi connectivity index (χ4n) is 4.04. The van der Waals surface area contributed by atoms with Gasteiger partial charge in [0.2, 0.25) is 0 Å². The van der Waals surface area contributed by atoms with Crippen LogP contribution in [0, 0.1) is 0 Å². The van der Waals surface area contributed by atoms with Gasteiger partial charge < -0.3 is 9.47 Å². The molecule has 0 unspecified atom stereocenters. The number of ether oxygens (including phenoxy) is 2. The summed E-state index contributed by atoms with van der Waals surface area (Å²) < 4.78 is 68.1. The molecule has 0 bridgehead atoms. The number of azide groups is 2. The third-order valence-electron chi connectivity index (χ3n) is 6.14. The van der Waals surface area contributed by atoms with E-state index in [1.807, 2.05) is 13.8 Å². The summed E-state index contributed by atoms with van der Waals surface area (Å²) in [5, 5.41) is 16.4. The Morgan fingerprint density at radius 1 is 0.562 bits per heavy atom. The van der Waals surface area contributed by atoms with Crippen LogP contribution in [0.25, 0.3) is 33.0 Å². The Hall–Kier alpha value is -6.06. The van der Waals surface area contributed by atoms with Gasteiger partial charge >= 0.3 is 0 Å². The van der Waals surface area contributed by atoms with E-state index in [1.54, 1.807) is 48.5 Å². The van der Waals surface area contributed by atoms with Gasteiger partial charge in [0, 0.05) is 18.9 Å². The SMILES string of the molecule is CCOc1ccc(N=Nc2ccc(/C=C/c3ccc(N=Nc4ccc(OCC)cc4)cc3S(=O)(=O)N=[N+]=[N-])c(S(=O)(=O)N=[N+]=[N-])c2)cc1. The second kappa shape index (κ2) is 16.0. The molecule has 4 aromatic carbocycles. The van der Waals surface area contributed by atoms with E-state index in [0.717, 1.165) is 12.1 Å². The summed E-state index contributed by atoms with van der Waals surface area (Å²) in [4.78, 5) is 3.99. The zero-order valence-corrected chi connectivity index (χ0v) is 27.0. The normalized spacial score (nSPS) is 11.8. The summed E-state index contributed by atoms with van der Waals surface area (Å²) in [7, 11) is -9.08. The zero-order chi connectivity index (χ0) is 34.6. The van der Waals surface area contributed by atoms with Crippen LogP contribution in [0.4, 0.5) is 22.7 Å². The summed E-state index contributed by atoms with van der Waals surface area (Å²) in [6.45, 7) is 4.71. The molecule has 18 heteroatoms. The van der Waals surface area contributed by atoms with Gasteiger partial charge in [-0.2, -0.15) is 20.5 Å². The lowest BCUT2D eigenvalue weighted by Gasteiger charge is -2.07. The van der Waals surface area contributed by atoms with Gasteiger partial charge in [-0.3, -0.25) is 0 Å². The van der Waals surface area contributed by atoms with E-state index in [9.17, 15) is 16.8 Å². The molecule has 0 aromatic heterocycles. The molecule has 4 rings (SSSR count). The maximum absolute atomic E-state index is 12.9. The molecule has 0 radical (unpaired) electrons. The number of benzene rings is 4. The molecule has 0 saturated carbocycles. The highest BCUT2D eigenvalue weighted by Gasteiger charge is 2.19. The Kier molecular flexibility index (Phi) is 11.6. The third kappa shape index (κ3) is 9.24. The lowest BCUT2D eigenvalue weighted by Crippen LogP contribution is -1.99. The summed E-state index contributed by atoms with van der Waals surface area (Å²) in [6, 6.07) is 21.5. The van der Waals surface area contributed by atoms with Crippen molar-refractivity contribution in [3.63, 3.8) is 0 Å². The molecule has 48 heavy (non-hydrogen) atoms. The quantitative estimate of drug-likeness (QED) is 0.0541. The monoisotopic (exact) mass is 686 g/mol. The Bertz CT molecular complexity index is 2030. The Morgan fingerprint density at radius 2 is 0.896 bits per heavy atom. The van der Waals surface area contributed by atoms with Crippen molar-refractivity contribution >= 4 is 54.9 Å². The lowest BCUT2D eigenvalue weighted by atomic mass is 10.1. The van der Waals surface area contributed by atoms with E-state index in [4.69, 9.17) is 20.5 Å². The van der Waals surface area contributed by atoms with Gasteiger partial charge in [0.25, 0.3) is 20.0 Å². The Balaban J connectivity index is 1.70. The van der Waals surface area contributed by atoms with E-state index < -0.39 is 29.8 Å². The first-order chi connectivity index (χ1) is 23.1. The van der Waals surface area contributed by atoms with Crippen LogP contribution < -0.4 is 9.47 Å². The largest absolute Gasteiger partial charge is 0.494 e. The van der Waals surface area contributed by atoms with Crippen molar-refractivity contribution in [2.75, 3.05) is 13.2 Å². The highest BCUT2D eigenvalue weighted by atomic mass is 32.2. The Morgan fingerprint density at radius 3 is 1.23 bits per heavy atom. The van der Waals surface area contributed by atoms with Gasteiger partial charge in [-0.1, -0.05) is 24.3 Å². The van der Waals surface area contributed by atoms with Crippen LogP contribution >= 0.6 is 0 Å². The molecule has 0 saturated heterocycles. The number of nitrogens with zero attached hydrogens (tertiary/aromatic N) is 10. The van der Waals surface area contributed by atoms with Gasteiger partial charge in [0.05, 0.1) is 45.8 Å². The highest BCUT2D eigenvalue weighted by Crippen LogP contribution is 2.31. The molecule has 0 aliphatic heterocycles. The molecule has 0 fully saturated rings. The van der Waals surface area contributed by atoms with Gasteiger partial charge in [-0.05, 0) is 109 Å². The molecule has 0 aliphatic rings. The van der Waals surface area contributed by atoms with E-state index in [2.05, 4.69) is 39.3 Å². The number of sulfonamides is 2. The molecule has 0 amide bonds. The zero-order valence-electron chi connectivity index (χ0n) is 25.4. The van der Waals surface area contributed by atoms with Crippen molar-refractivity contribution < 1.29 is 26.3 Å². The molecule has 0 aliphatic carbocycles. The van der Waals surface area contributed by atoms with Crippen LogP contribution in [0.3, 0.4) is 0 Å². The van der Waals surface area contributed by atoms with E-state index >= 15 is 0 Å². The fraction of sp³-hybridized carbons (Fsp3) is 0.133. The van der Waals surface area contributed by atoms with Crippen LogP contribution in [0.2, 0.25) is 0 Å². The maximum Gasteiger partial charge on any atom is 0.265 e. The van der Waals surface area contributed by atoms with Gasteiger partial charge in [0.1, 0.15) is 11.5 Å². The number of rotatable bonds is 14. The van der Waals surface area contributed by atoms with Crippen molar-refractivity contribution in [3.8, 4) is 11.5 Å². The van der Waals surface area contributed by atoms with Crippen LogP contribution in [0.1, 0.15) is 25.0 Å². The predicted octanol–water partition coefficient (Wildman–Crippen LogP) is 9.48. The predicted molar refractivity (Wildman–Crippen MR) is 178 cm³/mol. The molecule has 4 aromatic rings. The van der Waals surface area contributed by atoms with Crippen LogP contribution in [-0.2, 0) is 20.0 Å². The van der Waals surface area contributed by atoms with Gasteiger partial charge in [-0.25, -0.2) is 16.8 Å². The maximum atomic E-state index is 12.9. The molecular weight excluding hydrogens is 661 g/mol. The summed E-state index contributed by atoms with van der Waals surface area (Å²) in [5.41, 5.74) is 19.0. The van der Waals surface area contributed by atoms with Crippen molar-refractivity contribution in [2.24, 2.45) is 29.5 Å². The lowest BCUT2D eigenvalue weighted by molar-refractivity contribution is 0.340. The van der Waals surface area contributed by atoms with Crippen LogP contribution in [0.15, 0.2) is 124 Å². The average Bonchev–Trinajstić information content (AvgIpc) is 3.07. The molecule has 0 atom stereocenters. The minimum atomic E-state index is -4.54. The second-order valence-electron chi connectivity index (χ2n) is 9.32. The number of hydrogen-bond acceptors (Lipinski definition) is 10. The molecule has 0 heterocycles. The summed E-state index contributed by atoms with van der Waals surface area (Å²) >= 11 is 0. The second-order valence-corrected chi connectivity index (χ2v) is 12.4. The first-order valence-corrected chi connectivity index (χ1v) is 16.8. The molecule has 16 nitrogen and oxygen atoms in total. The molecular formula is C30H26N10O6S2. The van der Waals surface area contributed by atoms with E-state index in [-0.39, 0.29) is 22.5 Å². The van der Waals surface area contributed by atoms with Crippen molar-refractivity contribution in [1.82, 2.24) is 0 Å². The minimum Gasteiger partial charge on any atom is -0.494 e. The summed E-state index contributed by atoms with van der Waals surface area (Å²) in [6.07, 6.45) is 2.58. The average molecular weight is 687 g/mol. The number of hydrogen-bond donors (Lipinski definition) is 0. The van der Waals surface area contributed by atoms with Crippen molar-refractivity contribution in [2.45, 2.75) is 23.6 Å². The molecule has 0 N–H and O–H groups in total. The molecule has 244 valence electrons. The van der Waals surface area contributed by atoms with Crippen LogP contribution in [0.5, 0.6) is 11.5 Å². The first-order valence-electron chi connectivity index (χ1n) is 14.0. The minimum absolute atomic E-state index is 0.0359. The highest BCUT2D eigenvalue weighted by molar-refractivity contribution is 7.90. The van der Waals surface area contributed by atoms with E-state index in [1.165, 1.54) is 36.4 Å². The van der Waals surface area contributed by atoms with Crippen molar-refractivity contribution in [1.29, 1.82) is 0 Å². The fourth-order valence-corrected chi connectivity index (χ4v) is 5.81. The third-order valence-corrected chi connectivity index (χ3v) is 8.53. The van der Waals surface area contributed by atoms with E-state index in [0.29, 0.717) is 36.1 Å². The topological polar surface area (TPSA) is 234 Å². The smallest absolute Gasteiger partial charge is 0.265 e. The van der Waals surface area contributed by atoms with Gasteiger partial charge in [0.15, 0.2) is 0 Å². The Labute approximate surface area is 275 Å². The van der Waals surface area contributed by atoms with Crippen molar-refractivity contribution in [3.05, 3.63) is 117 Å². The standard InChI is InChI=1S/C30H26N10O6S2/c1-3-45-27-15-11-23(12-16-27)33-35-25-9-7-21(29(19-25)47(41,42)39-37-31)5-6-22-8-10-26(20-30(22)48(43,44)40-38-32)36-34-24-13-17-28(18-14-24)46-4-2/h5-20H,3-4H2,1-2H3/b6-5+,35-33?,36-34?. The number of azo groups is 2.